The summed E-state index contributed by atoms with van der Waals surface area (Å²) in [6.45, 7) is 3.61. The largest absolute Gasteiger partial charge is 0.416 e. The number of amides is 1. The number of rotatable bonds is 4. The van der Waals surface area contributed by atoms with Gasteiger partial charge in [-0.3, -0.25) is 15.6 Å². The van der Waals surface area contributed by atoms with Crippen molar-refractivity contribution in [1.29, 1.82) is 0 Å². The van der Waals surface area contributed by atoms with E-state index in [9.17, 15) is 18.0 Å². The lowest BCUT2D eigenvalue weighted by atomic mass is 9.98. The second kappa shape index (κ2) is 7.67. The zero-order valence-electron chi connectivity index (χ0n) is 15.1. The van der Waals surface area contributed by atoms with Crippen LogP contribution in [0.3, 0.4) is 0 Å². The number of nitrogens with zero attached hydrogens (tertiary/aromatic N) is 2. The highest BCUT2D eigenvalue weighted by Crippen LogP contribution is 2.31. The van der Waals surface area contributed by atoms with Crippen LogP contribution in [0.2, 0.25) is 0 Å². The van der Waals surface area contributed by atoms with Crippen molar-refractivity contribution in [3.05, 3.63) is 77.1 Å². The Morgan fingerprint density at radius 2 is 1.54 bits per heavy atom. The highest BCUT2D eigenvalue weighted by Gasteiger charge is 2.30. The molecule has 2 N–H and O–H groups in total. The van der Waals surface area contributed by atoms with Crippen LogP contribution in [-0.4, -0.2) is 15.9 Å². The number of hydrogen-bond donors (Lipinski definition) is 2. The number of benzene rings is 2. The molecule has 5 nitrogen and oxygen atoms in total. The average molecular weight is 386 g/mol. The molecule has 1 aromatic heterocycles. The standard InChI is InChI=1S/C20H17F3N4O/c1-12-11-13(2)25-19(24-12)27-26-18(28)17-6-4-3-5-16(17)14-7-9-15(10-8-14)20(21,22)23/h3-11H,1-2H3,(H,26,28)(H,24,25,27). The Labute approximate surface area is 159 Å². The highest BCUT2D eigenvalue weighted by atomic mass is 19.4. The molecule has 0 atom stereocenters. The first-order valence-corrected chi connectivity index (χ1v) is 8.39. The fourth-order valence-electron chi connectivity index (χ4n) is 2.73. The molecule has 0 fully saturated rings. The van der Waals surface area contributed by atoms with E-state index < -0.39 is 17.6 Å². The molecule has 28 heavy (non-hydrogen) atoms. The van der Waals surface area contributed by atoms with Crippen molar-refractivity contribution in [2.75, 3.05) is 5.43 Å². The van der Waals surface area contributed by atoms with Gasteiger partial charge in [-0.15, -0.1) is 0 Å². The van der Waals surface area contributed by atoms with Crippen molar-refractivity contribution < 1.29 is 18.0 Å². The van der Waals surface area contributed by atoms with Gasteiger partial charge in [0.25, 0.3) is 5.91 Å². The second-order valence-electron chi connectivity index (χ2n) is 6.17. The maximum absolute atomic E-state index is 12.8. The number of halogens is 3. The first-order chi connectivity index (χ1) is 13.2. The number of aromatic nitrogens is 2. The number of nitrogens with one attached hydrogen (secondary N) is 2. The number of carbonyl (C=O) groups excluding carboxylic acids is 1. The Kier molecular flexibility index (Phi) is 5.30. The molecule has 0 aliphatic rings. The molecule has 0 spiro atoms. The quantitative estimate of drug-likeness (QED) is 0.647. The van der Waals surface area contributed by atoms with Gasteiger partial charge in [-0.25, -0.2) is 9.97 Å². The molecule has 0 aliphatic carbocycles. The third-order valence-corrected chi connectivity index (χ3v) is 3.97. The molecular formula is C20H17F3N4O. The summed E-state index contributed by atoms with van der Waals surface area (Å²) in [5.74, 6) is -0.212. The minimum Gasteiger partial charge on any atom is -0.267 e. The Bertz CT molecular complexity index is 981. The zero-order valence-corrected chi connectivity index (χ0v) is 15.1. The summed E-state index contributed by atoms with van der Waals surface area (Å²) in [4.78, 5) is 20.9. The van der Waals surface area contributed by atoms with E-state index >= 15 is 0 Å². The summed E-state index contributed by atoms with van der Waals surface area (Å²) in [6.07, 6.45) is -4.41. The summed E-state index contributed by atoms with van der Waals surface area (Å²) >= 11 is 0. The van der Waals surface area contributed by atoms with Gasteiger partial charge in [0.05, 0.1) is 5.56 Å². The molecule has 0 radical (unpaired) electrons. The number of hydrazine groups is 1. The summed E-state index contributed by atoms with van der Waals surface area (Å²) in [5.41, 5.74) is 7.25. The third-order valence-electron chi connectivity index (χ3n) is 3.97. The maximum atomic E-state index is 12.8. The smallest absolute Gasteiger partial charge is 0.267 e. The predicted octanol–water partition coefficient (Wildman–Crippen LogP) is 4.54. The fourth-order valence-corrected chi connectivity index (χ4v) is 2.73. The number of anilines is 1. The number of hydrogen-bond acceptors (Lipinski definition) is 4. The fraction of sp³-hybridized carbons (Fsp3) is 0.150. The number of alkyl halides is 3. The lowest BCUT2D eigenvalue weighted by Gasteiger charge is -2.12. The van der Waals surface area contributed by atoms with Crippen LogP contribution in [0.15, 0.2) is 54.6 Å². The van der Waals surface area contributed by atoms with E-state index in [0.29, 0.717) is 16.7 Å². The van der Waals surface area contributed by atoms with Crippen LogP contribution < -0.4 is 10.9 Å². The molecule has 1 heterocycles. The van der Waals surface area contributed by atoms with Gasteiger partial charge in [-0.2, -0.15) is 13.2 Å². The molecule has 0 bridgehead atoms. The second-order valence-corrected chi connectivity index (χ2v) is 6.17. The van der Waals surface area contributed by atoms with Crippen LogP contribution in [0.25, 0.3) is 11.1 Å². The van der Waals surface area contributed by atoms with E-state index in [1.807, 2.05) is 13.8 Å². The summed E-state index contributed by atoms with van der Waals surface area (Å²) < 4.78 is 38.3. The lowest BCUT2D eigenvalue weighted by Crippen LogP contribution is -2.30. The van der Waals surface area contributed by atoms with Crippen LogP contribution in [0.5, 0.6) is 0 Å². The monoisotopic (exact) mass is 386 g/mol. The molecule has 2 aromatic carbocycles. The Balaban J connectivity index is 1.82. The van der Waals surface area contributed by atoms with Crippen molar-refractivity contribution in [3.8, 4) is 11.1 Å². The third kappa shape index (κ3) is 4.46. The molecule has 144 valence electrons. The molecule has 0 saturated carbocycles. The number of aryl methyl sites for hydroxylation is 2. The van der Waals surface area contributed by atoms with Gasteiger partial charge in [0.15, 0.2) is 0 Å². The van der Waals surface area contributed by atoms with Crippen LogP contribution in [-0.2, 0) is 6.18 Å². The van der Waals surface area contributed by atoms with Gasteiger partial charge in [-0.1, -0.05) is 30.3 Å². The highest BCUT2D eigenvalue weighted by molar-refractivity contribution is 6.01. The summed E-state index contributed by atoms with van der Waals surface area (Å²) in [6, 6.07) is 13.1. The first kappa shape index (κ1) is 19.3. The molecule has 3 aromatic rings. The van der Waals surface area contributed by atoms with Gasteiger partial charge in [-0.05, 0) is 49.2 Å². The van der Waals surface area contributed by atoms with Crippen molar-refractivity contribution in [2.24, 2.45) is 0 Å². The van der Waals surface area contributed by atoms with Crippen LogP contribution in [0.1, 0.15) is 27.3 Å². The molecule has 0 aliphatic heterocycles. The summed E-state index contributed by atoms with van der Waals surface area (Å²) in [5, 5.41) is 0. The molecule has 0 unspecified atom stereocenters. The van der Waals surface area contributed by atoms with Crippen molar-refractivity contribution in [2.45, 2.75) is 20.0 Å². The average Bonchev–Trinajstić information content (AvgIpc) is 2.65. The lowest BCUT2D eigenvalue weighted by molar-refractivity contribution is -0.137. The van der Waals surface area contributed by atoms with Crippen LogP contribution in [0, 0.1) is 13.8 Å². The number of carbonyl (C=O) groups is 1. The van der Waals surface area contributed by atoms with E-state index in [1.165, 1.54) is 12.1 Å². The molecule has 0 saturated heterocycles. The van der Waals surface area contributed by atoms with Gasteiger partial charge in [0, 0.05) is 17.0 Å². The Morgan fingerprint density at radius 3 is 2.14 bits per heavy atom. The van der Waals surface area contributed by atoms with Crippen LogP contribution >= 0.6 is 0 Å². The van der Waals surface area contributed by atoms with Crippen molar-refractivity contribution in [1.82, 2.24) is 15.4 Å². The zero-order chi connectivity index (χ0) is 20.3. The molecule has 3 rings (SSSR count). The molecule has 1 amide bonds. The molecule has 8 heteroatoms. The van der Waals surface area contributed by atoms with E-state index in [-0.39, 0.29) is 5.95 Å². The minimum absolute atomic E-state index is 0.248. The maximum Gasteiger partial charge on any atom is 0.416 e. The summed E-state index contributed by atoms with van der Waals surface area (Å²) in [7, 11) is 0. The topological polar surface area (TPSA) is 66.9 Å². The Hall–Kier alpha value is -3.42. The van der Waals surface area contributed by atoms with E-state index in [4.69, 9.17) is 0 Å². The van der Waals surface area contributed by atoms with Gasteiger partial charge in [0.1, 0.15) is 0 Å². The van der Waals surface area contributed by atoms with E-state index in [1.54, 1.807) is 30.3 Å². The minimum atomic E-state index is -4.41. The SMILES string of the molecule is Cc1cc(C)nc(NNC(=O)c2ccccc2-c2ccc(C(F)(F)F)cc2)n1. The first-order valence-electron chi connectivity index (χ1n) is 8.39. The van der Waals surface area contributed by atoms with Gasteiger partial charge >= 0.3 is 6.18 Å². The van der Waals surface area contributed by atoms with Crippen molar-refractivity contribution >= 4 is 11.9 Å². The van der Waals surface area contributed by atoms with Gasteiger partial charge in [0.2, 0.25) is 5.95 Å². The van der Waals surface area contributed by atoms with Crippen molar-refractivity contribution in [3.63, 3.8) is 0 Å². The predicted molar refractivity (Wildman–Crippen MR) is 99.5 cm³/mol. The van der Waals surface area contributed by atoms with E-state index in [2.05, 4.69) is 20.8 Å². The van der Waals surface area contributed by atoms with Gasteiger partial charge < -0.3 is 0 Å². The normalized spacial score (nSPS) is 11.2. The molecular weight excluding hydrogens is 369 g/mol. The van der Waals surface area contributed by atoms with E-state index in [0.717, 1.165) is 23.5 Å². The van der Waals surface area contributed by atoms with Crippen LogP contribution in [0.4, 0.5) is 19.1 Å². The Morgan fingerprint density at radius 1 is 0.929 bits per heavy atom.